The molecule has 0 fully saturated rings. The highest BCUT2D eigenvalue weighted by atomic mass is 79.9. The van der Waals surface area contributed by atoms with Crippen molar-refractivity contribution in [3.05, 3.63) is 22.7 Å². The molecule has 0 radical (unpaired) electrons. The first-order valence-electron chi connectivity index (χ1n) is 4.19. The van der Waals surface area contributed by atoms with E-state index in [4.69, 9.17) is 9.47 Å². The molecular formula is C10H11BrO2. The Kier molecular flexibility index (Phi) is 1.99. The molecule has 3 heteroatoms. The molecule has 0 spiro atoms. The van der Waals surface area contributed by atoms with Crippen LogP contribution in [0.5, 0.6) is 11.5 Å². The lowest BCUT2D eigenvalue weighted by atomic mass is 10.1. The first kappa shape index (κ1) is 8.88. The van der Waals surface area contributed by atoms with Crippen LogP contribution in [0.25, 0.3) is 0 Å². The maximum atomic E-state index is 5.75. The standard InChI is InChI=1S/C10H11BrO2/c1-10(2)6-12-9-7(11)4-3-5-8(9)13-10/h3-5H,6H2,1-2H3. The van der Waals surface area contributed by atoms with Gasteiger partial charge in [-0.3, -0.25) is 0 Å². The summed E-state index contributed by atoms with van der Waals surface area (Å²) in [6, 6.07) is 5.80. The second kappa shape index (κ2) is 2.91. The zero-order valence-electron chi connectivity index (χ0n) is 7.63. The summed E-state index contributed by atoms with van der Waals surface area (Å²) in [4.78, 5) is 0. The van der Waals surface area contributed by atoms with Gasteiger partial charge in [-0.25, -0.2) is 0 Å². The van der Waals surface area contributed by atoms with Crippen LogP contribution in [0.1, 0.15) is 13.8 Å². The van der Waals surface area contributed by atoms with Crippen molar-refractivity contribution in [1.29, 1.82) is 0 Å². The predicted octanol–water partition coefficient (Wildman–Crippen LogP) is 3.00. The van der Waals surface area contributed by atoms with Crippen molar-refractivity contribution >= 4 is 15.9 Å². The molecule has 70 valence electrons. The summed E-state index contributed by atoms with van der Waals surface area (Å²) in [5.41, 5.74) is -0.228. The number of benzene rings is 1. The van der Waals surface area contributed by atoms with E-state index in [1.165, 1.54) is 0 Å². The van der Waals surface area contributed by atoms with Gasteiger partial charge in [-0.15, -0.1) is 0 Å². The topological polar surface area (TPSA) is 18.5 Å². The maximum absolute atomic E-state index is 5.75. The first-order chi connectivity index (χ1) is 6.08. The van der Waals surface area contributed by atoms with Gasteiger partial charge in [0.1, 0.15) is 12.2 Å². The summed E-state index contributed by atoms with van der Waals surface area (Å²) in [6.45, 7) is 4.61. The summed E-state index contributed by atoms with van der Waals surface area (Å²) in [7, 11) is 0. The highest BCUT2D eigenvalue weighted by molar-refractivity contribution is 9.10. The van der Waals surface area contributed by atoms with Gasteiger partial charge in [0.15, 0.2) is 11.5 Å². The minimum absolute atomic E-state index is 0.228. The van der Waals surface area contributed by atoms with Gasteiger partial charge in [0.05, 0.1) is 4.47 Å². The van der Waals surface area contributed by atoms with Gasteiger partial charge in [0, 0.05) is 0 Å². The third kappa shape index (κ3) is 1.66. The molecule has 13 heavy (non-hydrogen) atoms. The fourth-order valence-electron chi connectivity index (χ4n) is 1.28. The van der Waals surface area contributed by atoms with Crippen LogP contribution in [0.3, 0.4) is 0 Å². The summed E-state index contributed by atoms with van der Waals surface area (Å²) >= 11 is 3.41. The Bertz CT molecular complexity index is 334. The molecule has 0 unspecified atom stereocenters. The third-order valence-electron chi connectivity index (χ3n) is 1.88. The predicted molar refractivity (Wildman–Crippen MR) is 54.3 cm³/mol. The fourth-order valence-corrected chi connectivity index (χ4v) is 1.75. The summed E-state index contributed by atoms with van der Waals surface area (Å²) in [6.07, 6.45) is 0. The number of fused-ring (bicyclic) bond motifs is 1. The minimum atomic E-state index is -0.228. The van der Waals surface area contributed by atoms with E-state index in [0.29, 0.717) is 6.61 Å². The smallest absolute Gasteiger partial charge is 0.175 e. The number of ether oxygens (including phenoxy) is 2. The summed E-state index contributed by atoms with van der Waals surface area (Å²) in [5.74, 6) is 1.62. The zero-order chi connectivity index (χ0) is 9.47. The monoisotopic (exact) mass is 242 g/mol. The van der Waals surface area contributed by atoms with Crippen LogP contribution >= 0.6 is 15.9 Å². The summed E-state index contributed by atoms with van der Waals surface area (Å²) < 4.78 is 12.3. The SMILES string of the molecule is CC1(C)COc2c(Br)cccc2O1. The molecule has 0 amide bonds. The molecule has 2 nitrogen and oxygen atoms in total. The number of rotatable bonds is 0. The molecule has 0 bridgehead atoms. The highest BCUT2D eigenvalue weighted by Gasteiger charge is 2.28. The molecule has 0 saturated heterocycles. The van der Waals surface area contributed by atoms with Crippen LogP contribution in [0.2, 0.25) is 0 Å². The Morgan fingerprint density at radius 1 is 1.38 bits per heavy atom. The number of halogens is 1. The van der Waals surface area contributed by atoms with Crippen LogP contribution in [-0.4, -0.2) is 12.2 Å². The van der Waals surface area contributed by atoms with Crippen LogP contribution in [0.15, 0.2) is 22.7 Å². The van der Waals surface area contributed by atoms with Gasteiger partial charge in [-0.05, 0) is 41.9 Å². The lowest BCUT2D eigenvalue weighted by Gasteiger charge is -2.32. The molecule has 0 saturated carbocycles. The van der Waals surface area contributed by atoms with Gasteiger partial charge in [-0.2, -0.15) is 0 Å². The molecule has 1 aromatic rings. The largest absolute Gasteiger partial charge is 0.484 e. The molecule has 0 aromatic heterocycles. The van der Waals surface area contributed by atoms with Crippen molar-refractivity contribution in [2.45, 2.75) is 19.4 Å². The average molecular weight is 243 g/mol. The van der Waals surface area contributed by atoms with E-state index < -0.39 is 0 Å². The van der Waals surface area contributed by atoms with Crippen LogP contribution < -0.4 is 9.47 Å². The van der Waals surface area contributed by atoms with Gasteiger partial charge in [-0.1, -0.05) is 6.07 Å². The van der Waals surface area contributed by atoms with Crippen molar-refractivity contribution in [3.8, 4) is 11.5 Å². The number of para-hydroxylation sites is 1. The van der Waals surface area contributed by atoms with E-state index in [2.05, 4.69) is 15.9 Å². The molecule has 1 heterocycles. The highest BCUT2D eigenvalue weighted by Crippen LogP contribution is 2.40. The van der Waals surface area contributed by atoms with E-state index >= 15 is 0 Å². The summed E-state index contributed by atoms with van der Waals surface area (Å²) in [5, 5.41) is 0. The van der Waals surface area contributed by atoms with E-state index in [1.807, 2.05) is 32.0 Å². The molecular weight excluding hydrogens is 232 g/mol. The minimum Gasteiger partial charge on any atom is -0.484 e. The number of hydrogen-bond acceptors (Lipinski definition) is 2. The van der Waals surface area contributed by atoms with Gasteiger partial charge in [0.25, 0.3) is 0 Å². The average Bonchev–Trinajstić information content (AvgIpc) is 2.02. The molecule has 1 aliphatic rings. The van der Waals surface area contributed by atoms with Crippen LogP contribution in [0.4, 0.5) is 0 Å². The van der Waals surface area contributed by atoms with Crippen molar-refractivity contribution < 1.29 is 9.47 Å². The maximum Gasteiger partial charge on any atom is 0.175 e. The second-order valence-corrected chi connectivity index (χ2v) is 4.57. The molecule has 1 aliphatic heterocycles. The normalized spacial score (nSPS) is 18.4. The molecule has 0 atom stereocenters. The van der Waals surface area contributed by atoms with Crippen molar-refractivity contribution in [2.75, 3.05) is 6.61 Å². The van der Waals surface area contributed by atoms with Gasteiger partial charge < -0.3 is 9.47 Å². The van der Waals surface area contributed by atoms with E-state index in [1.54, 1.807) is 0 Å². The Hall–Kier alpha value is -0.700. The molecule has 2 rings (SSSR count). The Morgan fingerprint density at radius 2 is 2.15 bits per heavy atom. The first-order valence-corrected chi connectivity index (χ1v) is 4.98. The molecule has 1 aromatic carbocycles. The van der Waals surface area contributed by atoms with Crippen LogP contribution in [-0.2, 0) is 0 Å². The fraction of sp³-hybridized carbons (Fsp3) is 0.400. The third-order valence-corrected chi connectivity index (χ3v) is 2.51. The Labute approximate surface area is 86.0 Å². The lowest BCUT2D eigenvalue weighted by Crippen LogP contribution is -2.38. The van der Waals surface area contributed by atoms with Crippen molar-refractivity contribution in [3.63, 3.8) is 0 Å². The van der Waals surface area contributed by atoms with Crippen molar-refractivity contribution in [2.24, 2.45) is 0 Å². The van der Waals surface area contributed by atoms with Crippen molar-refractivity contribution in [1.82, 2.24) is 0 Å². The van der Waals surface area contributed by atoms with E-state index in [9.17, 15) is 0 Å². The van der Waals surface area contributed by atoms with Crippen LogP contribution in [0, 0.1) is 0 Å². The van der Waals surface area contributed by atoms with E-state index in [0.717, 1.165) is 16.0 Å². The second-order valence-electron chi connectivity index (χ2n) is 3.72. The molecule has 0 aliphatic carbocycles. The van der Waals surface area contributed by atoms with Gasteiger partial charge in [0.2, 0.25) is 0 Å². The van der Waals surface area contributed by atoms with E-state index in [-0.39, 0.29) is 5.60 Å². The quantitative estimate of drug-likeness (QED) is 0.697. The zero-order valence-corrected chi connectivity index (χ0v) is 9.22. The molecule has 0 N–H and O–H groups in total. The number of hydrogen-bond donors (Lipinski definition) is 0. The van der Waals surface area contributed by atoms with Gasteiger partial charge >= 0.3 is 0 Å². The Balaban J connectivity index is 2.42. The lowest BCUT2D eigenvalue weighted by molar-refractivity contribution is 0.0207. The Morgan fingerprint density at radius 3 is 2.92 bits per heavy atom.